The number of nitrogens with zero attached hydrogens (tertiary/aromatic N) is 1. The summed E-state index contributed by atoms with van der Waals surface area (Å²) in [5.74, 6) is 0.831. The van der Waals surface area contributed by atoms with E-state index in [4.69, 9.17) is 4.74 Å². The molecule has 4 nitrogen and oxygen atoms in total. The average molecular weight is 360 g/mol. The largest absolute Gasteiger partial charge is 0.478 e. The van der Waals surface area contributed by atoms with Gasteiger partial charge in [-0.3, -0.25) is 9.59 Å². The Balaban J connectivity index is 2.08. The number of carbonyl (C=O) groups is 2. The molecule has 1 amide bonds. The molecule has 26 heavy (non-hydrogen) atoms. The van der Waals surface area contributed by atoms with Crippen molar-refractivity contribution in [2.75, 3.05) is 11.4 Å². The lowest BCUT2D eigenvalue weighted by atomic mass is 10.0. The van der Waals surface area contributed by atoms with E-state index in [9.17, 15) is 9.59 Å². The van der Waals surface area contributed by atoms with Gasteiger partial charge in [0.15, 0.2) is 11.9 Å². The van der Waals surface area contributed by atoms with E-state index in [1.54, 1.807) is 19.1 Å². The van der Waals surface area contributed by atoms with Gasteiger partial charge in [0.05, 0.1) is 5.69 Å². The van der Waals surface area contributed by atoms with E-state index in [-0.39, 0.29) is 17.6 Å². The first-order chi connectivity index (χ1) is 12.5. The normalized spacial score (nSPS) is 16.6. The SMILES string of the molecule is CCCCCCCCCN1C(=O)C(C(C)C)Oc2ccc(C(C)=O)cc21. The molecule has 0 radical (unpaired) electrons. The summed E-state index contributed by atoms with van der Waals surface area (Å²) in [4.78, 5) is 26.5. The van der Waals surface area contributed by atoms with Gasteiger partial charge in [-0.15, -0.1) is 0 Å². The van der Waals surface area contributed by atoms with Crippen LogP contribution in [0.4, 0.5) is 5.69 Å². The molecule has 144 valence electrons. The van der Waals surface area contributed by atoms with Gasteiger partial charge in [0, 0.05) is 12.1 Å². The lowest BCUT2D eigenvalue weighted by Crippen LogP contribution is -2.48. The fraction of sp³-hybridized carbons (Fsp3) is 0.636. The number of anilines is 1. The van der Waals surface area contributed by atoms with Crippen LogP contribution in [0.25, 0.3) is 0 Å². The molecule has 0 fully saturated rings. The van der Waals surface area contributed by atoms with Gasteiger partial charge in [-0.05, 0) is 37.5 Å². The molecule has 1 heterocycles. The summed E-state index contributed by atoms with van der Waals surface area (Å²) < 4.78 is 5.94. The number of hydrogen-bond acceptors (Lipinski definition) is 3. The maximum atomic E-state index is 12.9. The highest BCUT2D eigenvalue weighted by molar-refractivity contribution is 6.02. The quantitative estimate of drug-likeness (QED) is 0.416. The van der Waals surface area contributed by atoms with E-state index in [2.05, 4.69) is 6.92 Å². The van der Waals surface area contributed by atoms with E-state index in [1.807, 2.05) is 24.8 Å². The van der Waals surface area contributed by atoms with Crippen LogP contribution in [0.15, 0.2) is 18.2 Å². The molecule has 0 N–H and O–H groups in total. The summed E-state index contributed by atoms with van der Waals surface area (Å²) >= 11 is 0. The van der Waals surface area contributed by atoms with E-state index < -0.39 is 6.10 Å². The van der Waals surface area contributed by atoms with Gasteiger partial charge >= 0.3 is 0 Å². The Hall–Kier alpha value is -1.84. The molecule has 2 rings (SSSR count). The molecule has 4 heteroatoms. The molecule has 1 aromatic rings. The summed E-state index contributed by atoms with van der Waals surface area (Å²) in [6, 6.07) is 5.40. The van der Waals surface area contributed by atoms with Crippen molar-refractivity contribution in [2.45, 2.75) is 78.7 Å². The van der Waals surface area contributed by atoms with Crippen molar-refractivity contribution < 1.29 is 14.3 Å². The molecule has 0 aromatic heterocycles. The number of ether oxygens (including phenoxy) is 1. The number of unbranched alkanes of at least 4 members (excludes halogenated alkanes) is 6. The first-order valence-corrected chi connectivity index (χ1v) is 10.1. The second kappa shape index (κ2) is 9.75. The van der Waals surface area contributed by atoms with Crippen molar-refractivity contribution >= 4 is 17.4 Å². The number of benzene rings is 1. The Morgan fingerprint density at radius 2 is 1.77 bits per heavy atom. The maximum absolute atomic E-state index is 12.9. The van der Waals surface area contributed by atoms with E-state index in [0.29, 0.717) is 17.9 Å². The highest BCUT2D eigenvalue weighted by Gasteiger charge is 2.36. The molecule has 0 saturated carbocycles. The standard InChI is InChI=1S/C22H33NO3/c1-5-6-7-8-9-10-11-14-23-19-15-18(17(4)24)12-13-20(19)26-21(16(2)3)22(23)25/h12-13,15-16,21H,5-11,14H2,1-4H3. The van der Waals surface area contributed by atoms with Gasteiger partial charge in [-0.25, -0.2) is 0 Å². The molecular formula is C22H33NO3. The summed E-state index contributed by atoms with van der Waals surface area (Å²) in [7, 11) is 0. The molecular weight excluding hydrogens is 326 g/mol. The van der Waals surface area contributed by atoms with Crippen LogP contribution in [-0.2, 0) is 4.79 Å². The minimum absolute atomic E-state index is 0.00195. The van der Waals surface area contributed by atoms with Crippen molar-refractivity contribution in [3.63, 3.8) is 0 Å². The van der Waals surface area contributed by atoms with Crippen LogP contribution in [0.2, 0.25) is 0 Å². The molecule has 0 bridgehead atoms. The van der Waals surface area contributed by atoms with Gasteiger partial charge in [-0.1, -0.05) is 59.3 Å². The van der Waals surface area contributed by atoms with Crippen molar-refractivity contribution in [3.8, 4) is 5.75 Å². The Kier molecular flexibility index (Phi) is 7.67. The third kappa shape index (κ3) is 5.09. The predicted octanol–water partition coefficient (Wildman–Crippen LogP) is 5.39. The molecule has 0 spiro atoms. The smallest absolute Gasteiger partial charge is 0.268 e. The average Bonchev–Trinajstić information content (AvgIpc) is 2.61. The number of rotatable bonds is 10. The van der Waals surface area contributed by atoms with E-state index in [0.717, 1.165) is 18.5 Å². The molecule has 0 saturated heterocycles. The van der Waals surface area contributed by atoms with Crippen LogP contribution < -0.4 is 9.64 Å². The zero-order chi connectivity index (χ0) is 19.1. The Morgan fingerprint density at radius 3 is 2.38 bits per heavy atom. The summed E-state index contributed by atoms with van der Waals surface area (Å²) in [6.45, 7) is 8.47. The first-order valence-electron chi connectivity index (χ1n) is 10.1. The summed E-state index contributed by atoms with van der Waals surface area (Å²) in [5.41, 5.74) is 1.36. The van der Waals surface area contributed by atoms with Crippen molar-refractivity contribution in [2.24, 2.45) is 5.92 Å². The summed E-state index contributed by atoms with van der Waals surface area (Å²) in [6.07, 6.45) is 8.00. The molecule has 1 aromatic carbocycles. The van der Waals surface area contributed by atoms with Crippen LogP contribution in [0.5, 0.6) is 5.75 Å². The van der Waals surface area contributed by atoms with Gasteiger partial charge in [-0.2, -0.15) is 0 Å². The first kappa shape index (κ1) is 20.5. The second-order valence-electron chi connectivity index (χ2n) is 7.63. The molecule has 0 aliphatic carbocycles. The van der Waals surface area contributed by atoms with Crippen molar-refractivity contribution in [1.29, 1.82) is 0 Å². The predicted molar refractivity (Wildman–Crippen MR) is 106 cm³/mol. The molecule has 1 unspecified atom stereocenters. The van der Waals surface area contributed by atoms with Crippen LogP contribution in [-0.4, -0.2) is 24.3 Å². The van der Waals surface area contributed by atoms with E-state index >= 15 is 0 Å². The topological polar surface area (TPSA) is 46.6 Å². The number of hydrogen-bond donors (Lipinski definition) is 0. The number of amides is 1. The van der Waals surface area contributed by atoms with E-state index in [1.165, 1.54) is 32.1 Å². The molecule has 1 atom stereocenters. The third-order valence-electron chi connectivity index (χ3n) is 5.01. The Labute approximate surface area is 157 Å². The lowest BCUT2D eigenvalue weighted by molar-refractivity contribution is -0.128. The highest BCUT2D eigenvalue weighted by Crippen LogP contribution is 2.36. The van der Waals surface area contributed by atoms with Gasteiger partial charge < -0.3 is 9.64 Å². The van der Waals surface area contributed by atoms with Crippen LogP contribution in [0.3, 0.4) is 0 Å². The van der Waals surface area contributed by atoms with Crippen molar-refractivity contribution in [3.05, 3.63) is 23.8 Å². The van der Waals surface area contributed by atoms with Gasteiger partial charge in [0.2, 0.25) is 0 Å². The van der Waals surface area contributed by atoms with Crippen LogP contribution in [0, 0.1) is 5.92 Å². The molecule has 1 aliphatic heterocycles. The minimum atomic E-state index is -0.449. The van der Waals surface area contributed by atoms with Crippen LogP contribution >= 0.6 is 0 Å². The number of fused-ring (bicyclic) bond motifs is 1. The fourth-order valence-electron chi connectivity index (χ4n) is 3.39. The Morgan fingerprint density at radius 1 is 1.12 bits per heavy atom. The third-order valence-corrected chi connectivity index (χ3v) is 5.01. The summed E-state index contributed by atoms with van der Waals surface area (Å²) in [5, 5.41) is 0. The Bertz CT molecular complexity index is 624. The number of ketones is 1. The second-order valence-corrected chi connectivity index (χ2v) is 7.63. The van der Waals surface area contributed by atoms with Crippen molar-refractivity contribution in [1.82, 2.24) is 0 Å². The number of carbonyl (C=O) groups excluding carboxylic acids is 2. The minimum Gasteiger partial charge on any atom is -0.478 e. The zero-order valence-electron chi connectivity index (χ0n) is 16.7. The monoisotopic (exact) mass is 359 g/mol. The van der Waals surface area contributed by atoms with Gasteiger partial charge in [0.25, 0.3) is 5.91 Å². The fourth-order valence-corrected chi connectivity index (χ4v) is 3.39. The maximum Gasteiger partial charge on any atom is 0.268 e. The van der Waals surface area contributed by atoms with Gasteiger partial charge in [0.1, 0.15) is 5.75 Å². The molecule has 1 aliphatic rings. The van der Waals surface area contributed by atoms with Crippen LogP contribution in [0.1, 0.15) is 83.0 Å². The highest BCUT2D eigenvalue weighted by atomic mass is 16.5. The lowest BCUT2D eigenvalue weighted by Gasteiger charge is -2.36. The zero-order valence-corrected chi connectivity index (χ0v) is 16.7. The number of Topliss-reactive ketones (excluding diaryl/α,β-unsaturated/α-hetero) is 1.